The molecule has 2 rings (SSSR count). The third-order valence-corrected chi connectivity index (χ3v) is 3.68. The largest absolute Gasteiger partial charge is 0.394 e. The van der Waals surface area contributed by atoms with Gasteiger partial charge in [0.05, 0.1) is 25.4 Å². The van der Waals surface area contributed by atoms with Crippen LogP contribution in [0.2, 0.25) is 5.02 Å². The molecular weight excluding hydrogens is 292 g/mol. The maximum atomic E-state index is 12.1. The summed E-state index contributed by atoms with van der Waals surface area (Å²) in [4.78, 5) is 14.1. The van der Waals surface area contributed by atoms with Crippen molar-refractivity contribution < 1.29 is 14.6 Å². The highest BCUT2D eigenvalue weighted by Gasteiger charge is 2.26. The van der Waals surface area contributed by atoms with E-state index in [1.54, 1.807) is 12.1 Å². The Morgan fingerprint density at radius 3 is 3.00 bits per heavy atom. The van der Waals surface area contributed by atoms with Gasteiger partial charge in [-0.15, -0.1) is 0 Å². The van der Waals surface area contributed by atoms with Crippen LogP contribution in [0.3, 0.4) is 0 Å². The number of benzene rings is 1. The number of aryl methyl sites for hydroxylation is 1. The summed E-state index contributed by atoms with van der Waals surface area (Å²) in [5.41, 5.74) is 1.70. The molecule has 0 spiro atoms. The van der Waals surface area contributed by atoms with Gasteiger partial charge in [-0.25, -0.2) is 0 Å². The Kier molecular flexibility index (Phi) is 5.58. The second kappa shape index (κ2) is 7.22. The monoisotopic (exact) mass is 312 g/mol. The minimum absolute atomic E-state index is 0.0107. The van der Waals surface area contributed by atoms with Crippen molar-refractivity contribution in [3.8, 4) is 0 Å². The minimum Gasteiger partial charge on any atom is -0.394 e. The van der Waals surface area contributed by atoms with Crippen LogP contribution in [0.25, 0.3) is 0 Å². The molecule has 1 aromatic carbocycles. The molecule has 0 aromatic heterocycles. The van der Waals surface area contributed by atoms with Gasteiger partial charge in [0.1, 0.15) is 0 Å². The average molecular weight is 313 g/mol. The molecule has 2 unspecified atom stereocenters. The Hall–Kier alpha value is -1.14. The number of aliphatic hydroxyl groups excluding tert-OH is 1. The van der Waals surface area contributed by atoms with E-state index in [1.165, 1.54) is 0 Å². The summed E-state index contributed by atoms with van der Waals surface area (Å²) in [5, 5.41) is 12.7. The van der Waals surface area contributed by atoms with Crippen LogP contribution >= 0.6 is 11.6 Å². The zero-order chi connectivity index (χ0) is 15.4. The van der Waals surface area contributed by atoms with Gasteiger partial charge in [-0.05, 0) is 31.5 Å². The number of ether oxygens (including phenoxy) is 1. The molecule has 1 saturated heterocycles. The number of hydrogen-bond acceptors (Lipinski definition) is 4. The number of rotatable bonds is 4. The number of amides is 1. The average Bonchev–Trinajstić information content (AvgIpc) is 2.42. The predicted octanol–water partition coefficient (Wildman–Crippen LogP) is 1.67. The third-order valence-electron chi connectivity index (χ3n) is 3.45. The van der Waals surface area contributed by atoms with Crippen molar-refractivity contribution in [2.75, 3.05) is 31.6 Å². The molecule has 2 N–H and O–H groups in total. The number of hydrogen-bond donors (Lipinski definition) is 2. The second-order valence-corrected chi connectivity index (χ2v) is 5.89. The molecule has 2 atom stereocenters. The van der Waals surface area contributed by atoms with Gasteiger partial charge in [-0.1, -0.05) is 17.7 Å². The molecule has 6 heteroatoms. The Balaban J connectivity index is 1.93. The fourth-order valence-corrected chi connectivity index (χ4v) is 2.66. The number of nitrogens with one attached hydrogen (secondary N) is 1. The highest BCUT2D eigenvalue weighted by Crippen LogP contribution is 2.20. The quantitative estimate of drug-likeness (QED) is 0.888. The summed E-state index contributed by atoms with van der Waals surface area (Å²) in [6, 6.07) is 5.41. The van der Waals surface area contributed by atoms with Crippen molar-refractivity contribution in [2.45, 2.75) is 26.1 Å². The molecule has 0 aliphatic carbocycles. The van der Waals surface area contributed by atoms with E-state index in [1.807, 2.05) is 24.8 Å². The summed E-state index contributed by atoms with van der Waals surface area (Å²) in [7, 11) is 0. The Labute approximate surface area is 129 Å². The predicted molar refractivity (Wildman–Crippen MR) is 82.7 cm³/mol. The van der Waals surface area contributed by atoms with Crippen LogP contribution in [0.4, 0.5) is 5.69 Å². The van der Waals surface area contributed by atoms with Crippen molar-refractivity contribution >= 4 is 23.2 Å². The fraction of sp³-hybridized carbons (Fsp3) is 0.533. The number of carbonyl (C=O) groups is 1. The molecule has 0 bridgehead atoms. The van der Waals surface area contributed by atoms with Crippen LogP contribution in [0.1, 0.15) is 12.5 Å². The molecule has 0 saturated carbocycles. The number of halogens is 1. The van der Waals surface area contributed by atoms with Crippen LogP contribution in [0.15, 0.2) is 18.2 Å². The highest BCUT2D eigenvalue weighted by atomic mass is 35.5. The highest BCUT2D eigenvalue weighted by molar-refractivity contribution is 6.31. The van der Waals surface area contributed by atoms with E-state index in [0.29, 0.717) is 18.1 Å². The molecule has 1 heterocycles. The van der Waals surface area contributed by atoms with E-state index in [4.69, 9.17) is 16.3 Å². The summed E-state index contributed by atoms with van der Waals surface area (Å²) in [6.45, 7) is 5.34. The van der Waals surface area contributed by atoms with Crippen molar-refractivity contribution in [3.05, 3.63) is 28.8 Å². The number of anilines is 1. The molecule has 1 aromatic rings. The van der Waals surface area contributed by atoms with Crippen molar-refractivity contribution in [1.29, 1.82) is 0 Å². The maximum Gasteiger partial charge on any atom is 0.238 e. The lowest BCUT2D eigenvalue weighted by Gasteiger charge is -2.35. The third kappa shape index (κ3) is 4.68. The molecule has 116 valence electrons. The first-order valence-corrected chi connectivity index (χ1v) is 7.40. The SMILES string of the molecule is Cc1ccc(Cl)cc1NC(=O)CN1CC(C)OC(CO)C1. The van der Waals surface area contributed by atoms with Gasteiger partial charge in [-0.2, -0.15) is 0 Å². The summed E-state index contributed by atoms with van der Waals surface area (Å²) >= 11 is 5.94. The molecule has 0 radical (unpaired) electrons. The number of morpholine rings is 1. The minimum atomic E-state index is -0.227. The lowest BCUT2D eigenvalue weighted by Crippen LogP contribution is -2.50. The first kappa shape index (κ1) is 16.2. The van der Waals surface area contributed by atoms with E-state index in [-0.39, 0.29) is 31.3 Å². The van der Waals surface area contributed by atoms with Crippen LogP contribution in [0, 0.1) is 6.92 Å². The van der Waals surface area contributed by atoms with Gasteiger partial charge in [0.25, 0.3) is 0 Å². The van der Waals surface area contributed by atoms with E-state index in [0.717, 1.165) is 11.3 Å². The Bertz CT molecular complexity index is 510. The van der Waals surface area contributed by atoms with E-state index in [9.17, 15) is 9.90 Å². The lowest BCUT2D eigenvalue weighted by atomic mass is 10.2. The van der Waals surface area contributed by atoms with Crippen LogP contribution in [-0.2, 0) is 9.53 Å². The number of carbonyl (C=O) groups excluding carboxylic acids is 1. The van der Waals surface area contributed by atoms with Crippen LogP contribution < -0.4 is 5.32 Å². The zero-order valence-electron chi connectivity index (χ0n) is 12.3. The second-order valence-electron chi connectivity index (χ2n) is 5.45. The summed E-state index contributed by atoms with van der Waals surface area (Å²) in [6.07, 6.45) is -0.217. The van der Waals surface area contributed by atoms with Crippen LogP contribution in [-0.4, -0.2) is 54.4 Å². The van der Waals surface area contributed by atoms with Gasteiger partial charge in [0, 0.05) is 23.8 Å². The first-order chi connectivity index (χ1) is 9.97. The Morgan fingerprint density at radius 1 is 1.52 bits per heavy atom. The zero-order valence-corrected chi connectivity index (χ0v) is 13.1. The van der Waals surface area contributed by atoms with E-state index >= 15 is 0 Å². The molecule has 1 aliphatic rings. The molecular formula is C15H21ClN2O3. The van der Waals surface area contributed by atoms with Crippen LogP contribution in [0.5, 0.6) is 0 Å². The topological polar surface area (TPSA) is 61.8 Å². The molecule has 1 aliphatic heterocycles. The fourth-order valence-electron chi connectivity index (χ4n) is 2.49. The first-order valence-electron chi connectivity index (χ1n) is 7.02. The smallest absolute Gasteiger partial charge is 0.238 e. The standard InChI is InChI=1S/C15H21ClN2O3/c1-10-3-4-12(16)5-14(10)17-15(20)8-18-6-11(2)21-13(7-18)9-19/h3-5,11,13,19H,6-9H2,1-2H3,(H,17,20). The normalized spacial score (nSPS) is 23.0. The van der Waals surface area contributed by atoms with E-state index < -0.39 is 0 Å². The Morgan fingerprint density at radius 2 is 2.29 bits per heavy atom. The number of nitrogens with zero attached hydrogens (tertiary/aromatic N) is 1. The number of aliphatic hydroxyl groups is 1. The summed E-state index contributed by atoms with van der Waals surface area (Å²) < 4.78 is 5.56. The molecule has 21 heavy (non-hydrogen) atoms. The van der Waals surface area contributed by atoms with Crippen molar-refractivity contribution in [2.24, 2.45) is 0 Å². The van der Waals surface area contributed by atoms with Crippen molar-refractivity contribution in [1.82, 2.24) is 4.90 Å². The lowest BCUT2D eigenvalue weighted by molar-refractivity contribution is -0.124. The van der Waals surface area contributed by atoms with E-state index in [2.05, 4.69) is 5.32 Å². The van der Waals surface area contributed by atoms with Gasteiger partial charge in [-0.3, -0.25) is 9.69 Å². The summed E-state index contributed by atoms with van der Waals surface area (Å²) in [5.74, 6) is -0.0915. The molecule has 1 amide bonds. The molecule has 5 nitrogen and oxygen atoms in total. The van der Waals surface area contributed by atoms with Gasteiger partial charge >= 0.3 is 0 Å². The van der Waals surface area contributed by atoms with Gasteiger partial charge < -0.3 is 15.2 Å². The van der Waals surface area contributed by atoms with Gasteiger partial charge in [0.15, 0.2) is 0 Å². The molecule has 1 fully saturated rings. The van der Waals surface area contributed by atoms with Gasteiger partial charge in [0.2, 0.25) is 5.91 Å². The van der Waals surface area contributed by atoms with Crippen molar-refractivity contribution in [3.63, 3.8) is 0 Å². The maximum absolute atomic E-state index is 12.1.